The minimum atomic E-state index is -3.15. The largest absolute Gasteiger partial charge is 0.416 e. The summed E-state index contributed by atoms with van der Waals surface area (Å²) in [5, 5.41) is 3.27. The number of alkyl halides is 2. The number of benzene rings is 1. The van der Waals surface area contributed by atoms with Crippen LogP contribution in [0.3, 0.4) is 0 Å². The molecule has 0 N–H and O–H groups in total. The Morgan fingerprint density at radius 1 is 1.22 bits per heavy atom. The maximum atomic E-state index is 14.7. The first-order valence-electron chi connectivity index (χ1n) is 7.60. The lowest BCUT2D eigenvalue weighted by atomic mass is 10.2. The van der Waals surface area contributed by atoms with Gasteiger partial charge in [0.1, 0.15) is 21.4 Å². The van der Waals surface area contributed by atoms with Crippen molar-refractivity contribution < 1.29 is 17.9 Å². The van der Waals surface area contributed by atoms with Crippen LogP contribution < -0.4 is 10.3 Å². The van der Waals surface area contributed by atoms with Crippen LogP contribution in [0.15, 0.2) is 41.2 Å². The van der Waals surface area contributed by atoms with E-state index in [0.717, 1.165) is 15.3 Å². The van der Waals surface area contributed by atoms with E-state index in [9.17, 15) is 18.0 Å². The molecular formula is C17H12Cl2F3N3O2. The summed E-state index contributed by atoms with van der Waals surface area (Å²) >= 11 is 11.9. The van der Waals surface area contributed by atoms with Gasteiger partial charge in [-0.05, 0) is 5.56 Å². The second kappa shape index (κ2) is 7.66. The number of halogens is 5. The fraction of sp³-hybridized carbons (Fsp3) is 0.176. The molecule has 0 atom stereocenters. The lowest BCUT2D eigenvalue weighted by Crippen LogP contribution is -2.24. The number of rotatable bonds is 5. The smallest absolute Gasteiger partial charge is 0.388 e. The van der Waals surface area contributed by atoms with E-state index in [4.69, 9.17) is 23.2 Å². The quantitative estimate of drug-likeness (QED) is 0.620. The van der Waals surface area contributed by atoms with Crippen LogP contribution in [-0.2, 0) is 13.6 Å². The van der Waals surface area contributed by atoms with Gasteiger partial charge in [0.15, 0.2) is 5.82 Å². The maximum absolute atomic E-state index is 14.7. The molecule has 0 aliphatic heterocycles. The monoisotopic (exact) mass is 417 g/mol. The Kier molecular flexibility index (Phi) is 5.48. The SMILES string of the molecule is Cn1nc(-c2c(F)cc(Cl)c(=O)n2Cc2ccccc2)c(Cl)c1OC(F)F. The Labute approximate surface area is 161 Å². The Morgan fingerprint density at radius 2 is 1.89 bits per heavy atom. The van der Waals surface area contributed by atoms with Gasteiger partial charge in [-0.25, -0.2) is 9.07 Å². The van der Waals surface area contributed by atoms with Gasteiger partial charge >= 0.3 is 6.61 Å². The molecule has 0 unspecified atom stereocenters. The molecule has 0 saturated carbocycles. The van der Waals surface area contributed by atoms with Crippen molar-refractivity contribution in [1.29, 1.82) is 0 Å². The topological polar surface area (TPSA) is 49.0 Å². The van der Waals surface area contributed by atoms with Crippen molar-refractivity contribution in [2.75, 3.05) is 0 Å². The molecule has 0 fully saturated rings. The van der Waals surface area contributed by atoms with E-state index in [0.29, 0.717) is 5.56 Å². The van der Waals surface area contributed by atoms with E-state index in [1.54, 1.807) is 30.3 Å². The van der Waals surface area contributed by atoms with Crippen molar-refractivity contribution in [2.45, 2.75) is 13.2 Å². The molecule has 3 aromatic rings. The van der Waals surface area contributed by atoms with E-state index < -0.39 is 23.9 Å². The van der Waals surface area contributed by atoms with Crippen molar-refractivity contribution in [1.82, 2.24) is 14.3 Å². The summed E-state index contributed by atoms with van der Waals surface area (Å²) in [6.45, 7) is -3.17. The third-order valence-corrected chi connectivity index (χ3v) is 4.36. The van der Waals surface area contributed by atoms with Crippen LogP contribution in [0.1, 0.15) is 5.56 Å². The predicted molar refractivity (Wildman–Crippen MR) is 95.1 cm³/mol. The molecule has 2 aromatic heterocycles. The highest BCUT2D eigenvalue weighted by atomic mass is 35.5. The van der Waals surface area contributed by atoms with Gasteiger partial charge < -0.3 is 4.74 Å². The highest BCUT2D eigenvalue weighted by Gasteiger charge is 2.26. The molecule has 5 nitrogen and oxygen atoms in total. The molecule has 0 bridgehead atoms. The lowest BCUT2D eigenvalue weighted by molar-refractivity contribution is -0.0552. The van der Waals surface area contributed by atoms with Crippen LogP contribution in [0, 0.1) is 5.82 Å². The number of pyridine rings is 1. The van der Waals surface area contributed by atoms with Crippen molar-refractivity contribution in [3.8, 4) is 17.3 Å². The molecule has 0 spiro atoms. The van der Waals surface area contributed by atoms with E-state index in [1.165, 1.54) is 7.05 Å². The maximum Gasteiger partial charge on any atom is 0.388 e. The summed E-state index contributed by atoms with van der Waals surface area (Å²) in [4.78, 5) is 12.5. The van der Waals surface area contributed by atoms with Crippen molar-refractivity contribution in [3.05, 3.63) is 68.2 Å². The molecule has 142 valence electrons. The third kappa shape index (κ3) is 3.81. The molecule has 0 radical (unpaired) electrons. The fourth-order valence-electron chi connectivity index (χ4n) is 2.60. The molecule has 0 aliphatic carbocycles. The Hall–Kier alpha value is -2.45. The highest BCUT2D eigenvalue weighted by Crippen LogP contribution is 2.36. The zero-order valence-corrected chi connectivity index (χ0v) is 15.3. The second-order valence-corrected chi connectivity index (χ2v) is 6.32. The molecule has 27 heavy (non-hydrogen) atoms. The van der Waals surface area contributed by atoms with Crippen LogP contribution in [0.5, 0.6) is 5.88 Å². The van der Waals surface area contributed by atoms with Gasteiger partial charge in [-0.1, -0.05) is 53.5 Å². The molecule has 0 saturated heterocycles. The van der Waals surface area contributed by atoms with Crippen LogP contribution in [0.2, 0.25) is 10.0 Å². The van der Waals surface area contributed by atoms with Crippen LogP contribution in [-0.4, -0.2) is 21.0 Å². The zero-order valence-electron chi connectivity index (χ0n) is 13.8. The molecular weight excluding hydrogens is 406 g/mol. The number of aryl methyl sites for hydroxylation is 1. The first kappa shape index (κ1) is 19.3. The van der Waals surface area contributed by atoms with Crippen LogP contribution >= 0.6 is 23.2 Å². The Balaban J connectivity index is 2.22. The minimum absolute atomic E-state index is 0.0234. The molecule has 0 amide bonds. The summed E-state index contributed by atoms with van der Waals surface area (Å²) in [5.74, 6) is -1.33. The van der Waals surface area contributed by atoms with Crippen LogP contribution in [0.25, 0.3) is 11.4 Å². The van der Waals surface area contributed by atoms with Crippen molar-refractivity contribution in [2.24, 2.45) is 7.05 Å². The minimum Gasteiger partial charge on any atom is -0.416 e. The normalized spacial score (nSPS) is 11.2. The number of nitrogens with zero attached hydrogens (tertiary/aromatic N) is 3. The third-order valence-electron chi connectivity index (χ3n) is 3.75. The molecule has 1 aromatic carbocycles. The second-order valence-electron chi connectivity index (χ2n) is 5.54. The Morgan fingerprint density at radius 3 is 2.52 bits per heavy atom. The van der Waals surface area contributed by atoms with Gasteiger partial charge in [-0.15, -0.1) is 0 Å². The predicted octanol–water partition coefficient (Wildman–Crippen LogP) is 4.34. The van der Waals surface area contributed by atoms with Crippen LogP contribution in [0.4, 0.5) is 13.2 Å². The molecule has 0 aliphatic rings. The summed E-state index contributed by atoms with van der Waals surface area (Å²) in [6.07, 6.45) is 0. The van der Waals surface area contributed by atoms with E-state index in [2.05, 4.69) is 9.84 Å². The fourth-order valence-corrected chi connectivity index (χ4v) is 3.10. The summed E-state index contributed by atoms with van der Waals surface area (Å²) < 4.78 is 46.2. The van der Waals surface area contributed by atoms with Crippen molar-refractivity contribution in [3.63, 3.8) is 0 Å². The van der Waals surface area contributed by atoms with E-state index in [-0.39, 0.29) is 28.0 Å². The van der Waals surface area contributed by atoms with Gasteiger partial charge in [0.2, 0.25) is 5.88 Å². The standard InChI is InChI=1S/C17H12Cl2F3N3O2/c1-24-16(27-17(21)22)12(19)13(23-24)14-11(20)7-10(18)15(26)25(14)8-9-5-3-2-4-6-9/h2-7,17H,8H2,1H3. The summed E-state index contributed by atoms with van der Waals surface area (Å²) in [7, 11) is 1.31. The zero-order chi connectivity index (χ0) is 19.7. The van der Waals surface area contributed by atoms with Gasteiger partial charge in [0.05, 0.1) is 6.54 Å². The highest BCUT2D eigenvalue weighted by molar-refractivity contribution is 6.34. The van der Waals surface area contributed by atoms with Gasteiger partial charge in [0.25, 0.3) is 5.56 Å². The molecule has 10 heteroatoms. The van der Waals surface area contributed by atoms with Gasteiger partial charge in [0, 0.05) is 13.1 Å². The van der Waals surface area contributed by atoms with Gasteiger partial charge in [-0.3, -0.25) is 9.36 Å². The lowest BCUT2D eigenvalue weighted by Gasteiger charge is -2.13. The Bertz CT molecular complexity index is 1040. The van der Waals surface area contributed by atoms with E-state index in [1.807, 2.05) is 0 Å². The summed E-state index contributed by atoms with van der Waals surface area (Å²) in [6, 6.07) is 9.60. The number of hydrogen-bond donors (Lipinski definition) is 0. The van der Waals surface area contributed by atoms with Gasteiger partial charge in [-0.2, -0.15) is 13.9 Å². The first-order valence-corrected chi connectivity index (χ1v) is 8.35. The number of ether oxygens (including phenoxy) is 1. The number of hydrogen-bond acceptors (Lipinski definition) is 3. The average molecular weight is 418 g/mol. The first-order chi connectivity index (χ1) is 12.8. The van der Waals surface area contributed by atoms with E-state index >= 15 is 0 Å². The average Bonchev–Trinajstić information content (AvgIpc) is 2.88. The molecule has 2 heterocycles. The molecule has 3 rings (SSSR count). The number of aromatic nitrogens is 3. The summed E-state index contributed by atoms with van der Waals surface area (Å²) in [5.41, 5.74) is -0.469. The van der Waals surface area contributed by atoms with Crippen molar-refractivity contribution >= 4 is 23.2 Å².